The lowest BCUT2D eigenvalue weighted by molar-refractivity contribution is 0.0281. The van der Waals surface area contributed by atoms with E-state index in [1.807, 2.05) is 6.92 Å². The Morgan fingerprint density at radius 2 is 1.25 bits per heavy atom. The smallest absolute Gasteiger partial charge is 0.0517 e. The van der Waals surface area contributed by atoms with Gasteiger partial charge in [0.05, 0.1) is 6.10 Å². The van der Waals surface area contributed by atoms with E-state index in [0.29, 0.717) is 5.41 Å². The van der Waals surface area contributed by atoms with Crippen LogP contribution < -0.4 is 0 Å². The Balaban J connectivity index is 4.51. The van der Waals surface area contributed by atoms with Gasteiger partial charge in [-0.25, -0.2) is 0 Å². The molecule has 0 aliphatic rings. The molecule has 1 unspecified atom stereocenters. The molecule has 0 aromatic carbocycles. The van der Waals surface area contributed by atoms with Crippen LogP contribution in [0.2, 0.25) is 0 Å². The van der Waals surface area contributed by atoms with Gasteiger partial charge in [-0.3, -0.25) is 0 Å². The Bertz CT molecular complexity index is 206. The molecule has 0 heterocycles. The predicted molar refractivity (Wildman–Crippen MR) is 72.5 cm³/mol. The van der Waals surface area contributed by atoms with Gasteiger partial charge in [-0.05, 0) is 42.4 Å². The van der Waals surface area contributed by atoms with Crippen molar-refractivity contribution >= 4 is 0 Å². The van der Waals surface area contributed by atoms with Crippen molar-refractivity contribution < 1.29 is 5.11 Å². The minimum Gasteiger partial charge on any atom is -0.393 e. The third-order valence-electron chi connectivity index (χ3n) is 4.14. The van der Waals surface area contributed by atoms with Crippen LogP contribution in [-0.4, -0.2) is 11.2 Å². The van der Waals surface area contributed by atoms with Gasteiger partial charge in [0.15, 0.2) is 0 Å². The number of hydrogen-bond donors (Lipinski definition) is 1. The lowest BCUT2D eigenvalue weighted by atomic mass is 9.62. The summed E-state index contributed by atoms with van der Waals surface area (Å²) in [6.07, 6.45) is 3.13. The SMILES string of the molecule is CC(O)CC(C)(C)C(C)(C)CCC(C)(C)C. The fourth-order valence-corrected chi connectivity index (χ4v) is 2.04. The Kier molecular flexibility index (Phi) is 5.07. The lowest BCUT2D eigenvalue weighted by Gasteiger charge is -2.44. The Morgan fingerprint density at radius 1 is 0.812 bits per heavy atom. The van der Waals surface area contributed by atoms with Crippen LogP contribution in [0.3, 0.4) is 0 Å². The van der Waals surface area contributed by atoms with Crippen molar-refractivity contribution in [3.05, 3.63) is 0 Å². The number of aliphatic hydroxyl groups excluding tert-OH is 1. The molecule has 0 radical (unpaired) electrons. The van der Waals surface area contributed by atoms with E-state index < -0.39 is 0 Å². The Hall–Kier alpha value is -0.0400. The maximum atomic E-state index is 9.58. The van der Waals surface area contributed by atoms with Gasteiger partial charge in [0.25, 0.3) is 0 Å². The summed E-state index contributed by atoms with van der Waals surface area (Å²) in [4.78, 5) is 0. The van der Waals surface area contributed by atoms with Gasteiger partial charge in [0.2, 0.25) is 0 Å². The minimum atomic E-state index is -0.205. The molecule has 0 fully saturated rings. The second kappa shape index (κ2) is 5.08. The van der Waals surface area contributed by atoms with E-state index in [1.54, 1.807) is 0 Å². The summed E-state index contributed by atoms with van der Waals surface area (Å²) in [5.41, 5.74) is 0.863. The Morgan fingerprint density at radius 3 is 1.56 bits per heavy atom. The molecule has 0 aromatic rings. The second-order valence-corrected chi connectivity index (χ2v) is 7.88. The van der Waals surface area contributed by atoms with Gasteiger partial charge in [-0.15, -0.1) is 0 Å². The number of hydrogen-bond acceptors (Lipinski definition) is 1. The van der Waals surface area contributed by atoms with Crippen LogP contribution in [0.15, 0.2) is 0 Å². The van der Waals surface area contributed by atoms with Gasteiger partial charge < -0.3 is 5.11 Å². The molecule has 1 nitrogen and oxygen atoms in total. The van der Waals surface area contributed by atoms with Gasteiger partial charge in [0, 0.05) is 0 Å². The van der Waals surface area contributed by atoms with Crippen molar-refractivity contribution in [2.24, 2.45) is 16.2 Å². The quantitative estimate of drug-likeness (QED) is 0.727. The van der Waals surface area contributed by atoms with Crippen LogP contribution in [0, 0.1) is 16.2 Å². The van der Waals surface area contributed by atoms with Crippen LogP contribution in [0.25, 0.3) is 0 Å². The molecule has 0 aliphatic carbocycles. The zero-order valence-electron chi connectivity index (χ0n) is 12.6. The minimum absolute atomic E-state index is 0.187. The summed E-state index contributed by atoms with van der Waals surface area (Å²) in [5, 5.41) is 9.58. The third kappa shape index (κ3) is 5.34. The number of rotatable bonds is 5. The van der Waals surface area contributed by atoms with Gasteiger partial charge in [-0.1, -0.05) is 48.5 Å². The van der Waals surface area contributed by atoms with Crippen molar-refractivity contribution in [3.63, 3.8) is 0 Å². The van der Waals surface area contributed by atoms with Gasteiger partial charge >= 0.3 is 0 Å². The molecule has 0 rings (SSSR count). The molecular weight excluding hydrogens is 196 g/mol. The van der Waals surface area contributed by atoms with E-state index in [2.05, 4.69) is 48.5 Å². The van der Waals surface area contributed by atoms with Crippen molar-refractivity contribution in [2.75, 3.05) is 0 Å². The highest BCUT2D eigenvalue weighted by Crippen LogP contribution is 2.46. The second-order valence-electron chi connectivity index (χ2n) is 7.88. The fraction of sp³-hybridized carbons (Fsp3) is 1.00. The molecule has 0 saturated heterocycles. The lowest BCUT2D eigenvalue weighted by Crippen LogP contribution is -2.36. The molecule has 0 bridgehead atoms. The zero-order valence-corrected chi connectivity index (χ0v) is 12.6. The largest absolute Gasteiger partial charge is 0.393 e. The van der Waals surface area contributed by atoms with Crippen LogP contribution in [-0.2, 0) is 0 Å². The van der Waals surface area contributed by atoms with Crippen LogP contribution in [0.4, 0.5) is 0 Å². The molecule has 16 heavy (non-hydrogen) atoms. The van der Waals surface area contributed by atoms with Gasteiger partial charge in [-0.2, -0.15) is 0 Å². The highest BCUT2D eigenvalue weighted by Gasteiger charge is 2.37. The molecule has 0 amide bonds. The van der Waals surface area contributed by atoms with E-state index >= 15 is 0 Å². The normalized spacial score (nSPS) is 16.3. The maximum absolute atomic E-state index is 9.58. The molecule has 98 valence electrons. The predicted octanol–water partition coefficient (Wildman–Crippen LogP) is 4.64. The van der Waals surface area contributed by atoms with Crippen molar-refractivity contribution in [1.29, 1.82) is 0 Å². The maximum Gasteiger partial charge on any atom is 0.0517 e. The average Bonchev–Trinajstić information content (AvgIpc) is 1.96. The van der Waals surface area contributed by atoms with E-state index in [0.717, 1.165) is 6.42 Å². The topological polar surface area (TPSA) is 20.2 Å². The van der Waals surface area contributed by atoms with E-state index in [1.165, 1.54) is 12.8 Å². The van der Waals surface area contributed by atoms with Crippen LogP contribution >= 0.6 is 0 Å². The molecule has 0 aliphatic heterocycles. The van der Waals surface area contributed by atoms with E-state index in [4.69, 9.17) is 0 Å². The molecule has 1 heteroatoms. The Labute approximate surface area is 103 Å². The molecule has 0 spiro atoms. The highest BCUT2D eigenvalue weighted by molar-refractivity contribution is 4.88. The number of aliphatic hydroxyl groups is 1. The first kappa shape index (κ1) is 16.0. The summed E-state index contributed by atoms with van der Waals surface area (Å²) in [5.74, 6) is 0. The van der Waals surface area contributed by atoms with Crippen molar-refractivity contribution in [2.45, 2.75) is 80.8 Å². The molecule has 1 N–H and O–H groups in total. The third-order valence-corrected chi connectivity index (χ3v) is 4.14. The molecule has 0 aromatic heterocycles. The van der Waals surface area contributed by atoms with E-state index in [-0.39, 0.29) is 16.9 Å². The monoisotopic (exact) mass is 228 g/mol. The molecule has 0 saturated carbocycles. The summed E-state index contributed by atoms with van der Waals surface area (Å²) in [6, 6.07) is 0. The first-order valence-corrected chi connectivity index (χ1v) is 6.55. The van der Waals surface area contributed by atoms with Gasteiger partial charge in [0.1, 0.15) is 0 Å². The highest BCUT2D eigenvalue weighted by atomic mass is 16.3. The van der Waals surface area contributed by atoms with E-state index in [9.17, 15) is 5.11 Å². The summed E-state index contributed by atoms with van der Waals surface area (Å²) < 4.78 is 0. The standard InChI is InChI=1S/C15H32O/c1-12(16)11-15(7,8)14(5,6)10-9-13(2,3)4/h12,16H,9-11H2,1-8H3. The first-order chi connectivity index (χ1) is 6.87. The zero-order chi connectivity index (χ0) is 13.2. The summed E-state index contributed by atoms with van der Waals surface area (Å²) >= 11 is 0. The fourth-order valence-electron chi connectivity index (χ4n) is 2.04. The van der Waals surface area contributed by atoms with Crippen LogP contribution in [0.1, 0.15) is 74.7 Å². The average molecular weight is 228 g/mol. The van der Waals surface area contributed by atoms with Crippen molar-refractivity contribution in [1.82, 2.24) is 0 Å². The molecular formula is C15H32O. The van der Waals surface area contributed by atoms with Crippen LogP contribution in [0.5, 0.6) is 0 Å². The van der Waals surface area contributed by atoms with Crippen molar-refractivity contribution in [3.8, 4) is 0 Å². The summed E-state index contributed by atoms with van der Waals surface area (Å²) in [6.45, 7) is 18.0. The molecule has 1 atom stereocenters. The first-order valence-electron chi connectivity index (χ1n) is 6.55. The summed E-state index contributed by atoms with van der Waals surface area (Å²) in [7, 11) is 0.